The molecule has 0 unspecified atom stereocenters. The maximum Gasteiger partial charge on any atom is 0.166 e. The molecule has 1 aromatic carbocycles. The van der Waals surface area contributed by atoms with Crippen LogP contribution < -0.4 is 10.5 Å². The molecular formula is C27H38Cl2FN5O. The summed E-state index contributed by atoms with van der Waals surface area (Å²) in [6.07, 6.45) is 8.29. The summed E-state index contributed by atoms with van der Waals surface area (Å²) in [6.45, 7) is 12.1. The molecule has 1 aliphatic rings. The predicted molar refractivity (Wildman–Crippen MR) is 148 cm³/mol. The number of likely N-dealkylation sites (tertiary alicyclic amines) is 1. The van der Waals surface area contributed by atoms with Crippen LogP contribution in [0.4, 0.5) is 10.2 Å². The molecule has 1 fully saturated rings. The van der Waals surface area contributed by atoms with Crippen LogP contribution in [0.1, 0.15) is 71.6 Å². The van der Waals surface area contributed by atoms with Crippen LogP contribution in [0.3, 0.4) is 0 Å². The zero-order chi connectivity index (χ0) is 26.8. The second-order valence-corrected chi connectivity index (χ2v) is 9.36. The van der Waals surface area contributed by atoms with E-state index in [4.69, 9.17) is 33.7 Å². The Balaban J connectivity index is 0.000000850. The number of pyridine rings is 1. The first-order chi connectivity index (χ1) is 17.2. The highest BCUT2D eigenvalue weighted by Gasteiger charge is 2.21. The summed E-state index contributed by atoms with van der Waals surface area (Å²) in [4.78, 5) is 6.59. The molecule has 1 aliphatic heterocycles. The number of nitrogens with two attached hydrogens (primary N) is 1. The molecule has 9 heteroatoms. The topological polar surface area (TPSA) is 69.2 Å². The maximum atomic E-state index is 13.9. The molecule has 0 bridgehead atoms. The molecule has 36 heavy (non-hydrogen) atoms. The van der Waals surface area contributed by atoms with Gasteiger partial charge in [0.2, 0.25) is 0 Å². The molecule has 3 aromatic rings. The van der Waals surface area contributed by atoms with E-state index in [-0.39, 0.29) is 10.8 Å². The average Bonchev–Trinajstić information content (AvgIpc) is 3.36. The van der Waals surface area contributed by atoms with Crippen molar-refractivity contribution in [3.05, 3.63) is 58.2 Å². The normalized spacial score (nSPS) is 14.8. The van der Waals surface area contributed by atoms with Gasteiger partial charge < -0.3 is 15.4 Å². The zero-order valence-corrected chi connectivity index (χ0v) is 23.6. The lowest BCUT2D eigenvalue weighted by molar-refractivity contribution is 0.212. The number of ether oxygens (including phenoxy) is 1. The van der Waals surface area contributed by atoms with Gasteiger partial charge in [0.25, 0.3) is 0 Å². The Morgan fingerprint density at radius 3 is 2.42 bits per heavy atom. The largest absolute Gasteiger partial charge is 0.482 e. The minimum absolute atomic E-state index is 0.0675. The highest BCUT2D eigenvalue weighted by molar-refractivity contribution is 6.36. The molecule has 0 amide bonds. The zero-order valence-electron chi connectivity index (χ0n) is 22.1. The van der Waals surface area contributed by atoms with Crippen molar-refractivity contribution in [2.24, 2.45) is 0 Å². The number of piperidine rings is 1. The Labute approximate surface area is 224 Å². The summed E-state index contributed by atoms with van der Waals surface area (Å²) in [5.41, 5.74) is 8.15. The van der Waals surface area contributed by atoms with Crippen molar-refractivity contribution < 1.29 is 9.13 Å². The van der Waals surface area contributed by atoms with Crippen molar-refractivity contribution in [3.8, 4) is 16.9 Å². The van der Waals surface area contributed by atoms with Crippen molar-refractivity contribution >= 4 is 29.0 Å². The van der Waals surface area contributed by atoms with E-state index in [9.17, 15) is 4.39 Å². The Morgan fingerprint density at radius 2 is 1.78 bits per heavy atom. The number of benzene rings is 1. The molecule has 1 atom stereocenters. The van der Waals surface area contributed by atoms with Crippen molar-refractivity contribution in [2.75, 3.05) is 25.9 Å². The minimum Gasteiger partial charge on any atom is -0.482 e. The molecule has 6 nitrogen and oxygen atoms in total. The van der Waals surface area contributed by atoms with Crippen molar-refractivity contribution in [2.45, 2.75) is 66.0 Å². The van der Waals surface area contributed by atoms with Crippen LogP contribution in [0, 0.1) is 5.82 Å². The Morgan fingerprint density at radius 1 is 1.14 bits per heavy atom. The Bertz CT molecular complexity index is 1100. The van der Waals surface area contributed by atoms with Crippen molar-refractivity contribution in [1.82, 2.24) is 19.7 Å². The number of rotatable bonds is 5. The highest BCUT2D eigenvalue weighted by Crippen LogP contribution is 2.37. The quantitative estimate of drug-likeness (QED) is 0.336. The van der Waals surface area contributed by atoms with Gasteiger partial charge in [-0.2, -0.15) is 5.10 Å². The monoisotopic (exact) mass is 537 g/mol. The van der Waals surface area contributed by atoms with E-state index < -0.39 is 11.9 Å². The third kappa shape index (κ3) is 7.58. The standard InChI is InChI=1S/C22H24Cl2FN5O.C3H8.C2H6/c1-13(20-17(23)3-4-18(25)21(20)24)31-19-9-14(10-27-22(19)26)15-11-28-30(12-15)16-5-7-29(2)8-6-16;1-3-2;1-2/h3-4,9-13,16H,5-8H2,1-2H3,(H2,26,27);3H2,1-2H3;1-2H3/t13-;;/m1../s1. The van der Waals surface area contributed by atoms with E-state index in [1.807, 2.05) is 30.9 Å². The van der Waals surface area contributed by atoms with Crippen LogP contribution in [-0.4, -0.2) is 39.8 Å². The first-order valence-corrected chi connectivity index (χ1v) is 13.3. The molecule has 0 radical (unpaired) electrons. The molecule has 2 aromatic heterocycles. The van der Waals surface area contributed by atoms with Gasteiger partial charge in [-0.05, 0) is 58.1 Å². The number of hydrogen-bond acceptors (Lipinski definition) is 5. The number of nitrogens with zero attached hydrogens (tertiary/aromatic N) is 4. The molecule has 2 N–H and O–H groups in total. The molecule has 4 rings (SSSR count). The van der Waals surface area contributed by atoms with E-state index in [0.29, 0.717) is 22.4 Å². The van der Waals surface area contributed by atoms with Crippen LogP contribution in [-0.2, 0) is 0 Å². The highest BCUT2D eigenvalue weighted by atomic mass is 35.5. The van der Waals surface area contributed by atoms with E-state index in [0.717, 1.165) is 37.1 Å². The number of hydrogen-bond donors (Lipinski definition) is 1. The summed E-state index contributed by atoms with van der Waals surface area (Å²) in [6, 6.07) is 4.86. The summed E-state index contributed by atoms with van der Waals surface area (Å²) in [7, 11) is 2.14. The fourth-order valence-electron chi connectivity index (χ4n) is 3.82. The van der Waals surface area contributed by atoms with Gasteiger partial charge in [-0.15, -0.1) is 0 Å². The molecule has 0 spiro atoms. The van der Waals surface area contributed by atoms with Gasteiger partial charge in [0.15, 0.2) is 11.6 Å². The maximum absolute atomic E-state index is 13.9. The second-order valence-electron chi connectivity index (χ2n) is 8.57. The molecule has 0 saturated carbocycles. The third-order valence-corrected chi connectivity index (χ3v) is 6.38. The van der Waals surface area contributed by atoms with Gasteiger partial charge in [-0.25, -0.2) is 9.37 Å². The number of anilines is 1. The van der Waals surface area contributed by atoms with Gasteiger partial charge in [0.1, 0.15) is 11.9 Å². The number of halogens is 3. The lowest BCUT2D eigenvalue weighted by Gasteiger charge is -2.28. The van der Waals surface area contributed by atoms with E-state index in [2.05, 4.69) is 35.9 Å². The van der Waals surface area contributed by atoms with Crippen molar-refractivity contribution in [3.63, 3.8) is 0 Å². The van der Waals surface area contributed by atoms with Crippen LogP contribution >= 0.6 is 23.2 Å². The van der Waals surface area contributed by atoms with Gasteiger partial charge in [0.05, 0.1) is 17.3 Å². The second kappa shape index (κ2) is 14.4. The van der Waals surface area contributed by atoms with Crippen molar-refractivity contribution in [1.29, 1.82) is 0 Å². The van der Waals surface area contributed by atoms with Gasteiger partial charge >= 0.3 is 0 Å². The van der Waals surface area contributed by atoms with E-state index in [1.165, 1.54) is 18.6 Å². The lowest BCUT2D eigenvalue weighted by Crippen LogP contribution is -2.31. The molecular weight excluding hydrogens is 500 g/mol. The molecule has 1 saturated heterocycles. The summed E-state index contributed by atoms with van der Waals surface area (Å²) >= 11 is 12.3. The number of nitrogen functional groups attached to an aromatic ring is 1. The van der Waals surface area contributed by atoms with Crippen LogP contribution in [0.25, 0.3) is 11.1 Å². The average molecular weight is 539 g/mol. The lowest BCUT2D eigenvalue weighted by atomic mass is 10.1. The SMILES string of the molecule is CC.CCC.C[C@@H](Oc1cc(-c2cnn(C3CCN(C)CC3)c2)cnc1N)c1c(Cl)ccc(F)c1Cl. The van der Waals surface area contributed by atoms with Gasteiger partial charge in [-0.1, -0.05) is 57.3 Å². The predicted octanol–water partition coefficient (Wildman–Crippen LogP) is 7.82. The summed E-state index contributed by atoms with van der Waals surface area (Å²) in [5, 5.41) is 4.81. The van der Waals surface area contributed by atoms with Crippen LogP contribution in [0.5, 0.6) is 5.75 Å². The molecule has 3 heterocycles. The number of aromatic nitrogens is 3. The third-order valence-electron chi connectivity index (χ3n) is 5.67. The fraction of sp³-hybridized carbons (Fsp3) is 0.481. The van der Waals surface area contributed by atoms with E-state index >= 15 is 0 Å². The van der Waals surface area contributed by atoms with Crippen LogP contribution in [0.15, 0.2) is 36.8 Å². The van der Waals surface area contributed by atoms with E-state index in [1.54, 1.807) is 19.2 Å². The first kappa shape index (κ1) is 29.9. The summed E-state index contributed by atoms with van der Waals surface area (Å²) in [5.74, 6) is 0.0353. The van der Waals surface area contributed by atoms with Gasteiger partial charge in [0, 0.05) is 34.1 Å². The minimum atomic E-state index is -0.628. The molecule has 0 aliphatic carbocycles. The fourth-order valence-corrected chi connectivity index (χ4v) is 4.50. The Hall–Kier alpha value is -2.35. The summed E-state index contributed by atoms with van der Waals surface area (Å²) < 4.78 is 21.9. The Kier molecular flexibility index (Phi) is 12.0. The first-order valence-electron chi connectivity index (χ1n) is 12.5. The molecule has 198 valence electrons. The van der Waals surface area contributed by atoms with Gasteiger partial charge in [-0.3, -0.25) is 4.68 Å². The smallest absolute Gasteiger partial charge is 0.166 e. The van der Waals surface area contributed by atoms with Crippen LogP contribution in [0.2, 0.25) is 10.0 Å².